The number of allylic oxidation sites excluding steroid dienone is 2. The summed E-state index contributed by atoms with van der Waals surface area (Å²) < 4.78 is 6.06. The average molecular weight is 442 g/mol. The van der Waals surface area contributed by atoms with Crippen molar-refractivity contribution in [1.82, 2.24) is 0 Å². The second-order valence-electron chi connectivity index (χ2n) is 9.17. The van der Waals surface area contributed by atoms with Gasteiger partial charge < -0.3 is 4.74 Å². The fraction of sp³-hybridized carbons (Fsp3) is 0.452. The van der Waals surface area contributed by atoms with Crippen LogP contribution in [0.2, 0.25) is 0 Å². The second-order valence-corrected chi connectivity index (χ2v) is 9.17. The second kappa shape index (κ2) is 13.8. The van der Waals surface area contributed by atoms with Crippen molar-refractivity contribution in [2.45, 2.75) is 83.2 Å². The predicted octanol–water partition coefficient (Wildman–Crippen LogP) is 8.90. The van der Waals surface area contributed by atoms with Crippen LogP contribution in [-0.2, 0) is 4.74 Å². The molecule has 0 spiro atoms. The van der Waals surface area contributed by atoms with E-state index in [9.17, 15) is 5.26 Å². The van der Waals surface area contributed by atoms with Crippen LogP contribution in [0.15, 0.2) is 72.8 Å². The minimum atomic E-state index is -0.813. The molecule has 33 heavy (non-hydrogen) atoms. The molecule has 0 aliphatic heterocycles. The van der Waals surface area contributed by atoms with Crippen LogP contribution in [0.1, 0.15) is 83.1 Å². The molecule has 0 saturated carbocycles. The monoisotopic (exact) mass is 441 g/mol. The Bertz CT molecular complexity index is 920. The first kappa shape index (κ1) is 25.0. The number of rotatable bonds is 14. The van der Waals surface area contributed by atoms with Crippen LogP contribution in [0, 0.1) is 11.3 Å². The highest BCUT2D eigenvalue weighted by Gasteiger charge is 2.29. The molecule has 0 heterocycles. The van der Waals surface area contributed by atoms with E-state index in [0.717, 1.165) is 12.0 Å². The van der Waals surface area contributed by atoms with Crippen molar-refractivity contribution in [3.63, 3.8) is 0 Å². The molecule has 0 aromatic heterocycles. The number of benzene rings is 2. The van der Waals surface area contributed by atoms with Gasteiger partial charge in [0.2, 0.25) is 0 Å². The molecule has 0 fully saturated rings. The van der Waals surface area contributed by atoms with Crippen molar-refractivity contribution in [3.05, 3.63) is 78.4 Å². The van der Waals surface area contributed by atoms with Gasteiger partial charge in [0, 0.05) is 13.0 Å². The van der Waals surface area contributed by atoms with Crippen LogP contribution < -0.4 is 0 Å². The largest absolute Gasteiger partial charge is 0.356 e. The highest BCUT2D eigenvalue weighted by atomic mass is 16.5. The van der Waals surface area contributed by atoms with Crippen molar-refractivity contribution in [1.29, 1.82) is 5.26 Å². The minimum absolute atomic E-state index is 0.605. The number of unbranched alkanes of at least 4 members (excludes halogenated alkanes) is 9. The van der Waals surface area contributed by atoms with Gasteiger partial charge in [0.1, 0.15) is 6.07 Å². The van der Waals surface area contributed by atoms with Gasteiger partial charge in [-0.1, -0.05) is 131 Å². The zero-order chi connectivity index (χ0) is 23.2. The Morgan fingerprint density at radius 2 is 1.33 bits per heavy atom. The van der Waals surface area contributed by atoms with Crippen molar-refractivity contribution in [3.8, 4) is 17.2 Å². The first-order valence-electron chi connectivity index (χ1n) is 12.9. The third kappa shape index (κ3) is 8.02. The molecular weight excluding hydrogens is 402 g/mol. The summed E-state index contributed by atoms with van der Waals surface area (Å²) in [5, 5.41) is 9.77. The van der Waals surface area contributed by atoms with Crippen LogP contribution in [0.5, 0.6) is 0 Å². The summed E-state index contributed by atoms with van der Waals surface area (Å²) in [5.74, 6) is 0. The summed E-state index contributed by atoms with van der Waals surface area (Å²) in [4.78, 5) is 0. The zero-order valence-corrected chi connectivity index (χ0v) is 20.3. The highest BCUT2D eigenvalue weighted by molar-refractivity contribution is 5.77. The molecule has 1 aliphatic carbocycles. The molecule has 1 atom stereocenters. The summed E-state index contributed by atoms with van der Waals surface area (Å²) in [6.45, 7) is 2.92. The Hall–Kier alpha value is -2.63. The van der Waals surface area contributed by atoms with E-state index in [1.54, 1.807) is 0 Å². The smallest absolute Gasteiger partial charge is 0.176 e. The van der Waals surface area contributed by atoms with Crippen LogP contribution in [0.4, 0.5) is 0 Å². The summed E-state index contributed by atoms with van der Waals surface area (Å²) in [6, 6.07) is 21.4. The van der Waals surface area contributed by atoms with E-state index < -0.39 is 5.60 Å². The molecule has 2 aromatic carbocycles. The number of ether oxygens (including phenoxy) is 1. The predicted molar refractivity (Wildman–Crippen MR) is 140 cm³/mol. The highest BCUT2D eigenvalue weighted by Crippen LogP contribution is 2.30. The van der Waals surface area contributed by atoms with E-state index in [1.807, 2.05) is 18.2 Å². The molecule has 2 heteroatoms. The van der Waals surface area contributed by atoms with Crippen molar-refractivity contribution < 1.29 is 4.74 Å². The van der Waals surface area contributed by atoms with Crippen LogP contribution in [0.3, 0.4) is 0 Å². The molecule has 0 radical (unpaired) electrons. The SMILES string of the molecule is CCCCCCCCCCCCOC1(C#N)C=CC(c2ccc(-c3ccccc3)cc2)=CC1. The Morgan fingerprint density at radius 3 is 1.91 bits per heavy atom. The van der Waals surface area contributed by atoms with Gasteiger partial charge in [-0.3, -0.25) is 0 Å². The molecule has 3 rings (SSSR count). The van der Waals surface area contributed by atoms with Gasteiger partial charge in [-0.2, -0.15) is 5.26 Å². The third-order valence-electron chi connectivity index (χ3n) is 6.53. The molecule has 0 N–H and O–H groups in total. The van der Waals surface area contributed by atoms with Gasteiger partial charge in [-0.15, -0.1) is 0 Å². The molecule has 1 unspecified atom stereocenters. The maximum absolute atomic E-state index is 9.77. The molecule has 174 valence electrons. The summed E-state index contributed by atoms with van der Waals surface area (Å²) in [7, 11) is 0. The van der Waals surface area contributed by atoms with Gasteiger partial charge >= 0.3 is 0 Å². The average Bonchev–Trinajstić information content (AvgIpc) is 2.88. The number of hydrogen-bond acceptors (Lipinski definition) is 2. The summed E-state index contributed by atoms with van der Waals surface area (Å²) >= 11 is 0. The van der Waals surface area contributed by atoms with Gasteiger partial charge in [0.15, 0.2) is 5.60 Å². The lowest BCUT2D eigenvalue weighted by Crippen LogP contribution is -2.29. The van der Waals surface area contributed by atoms with Gasteiger partial charge in [0.25, 0.3) is 0 Å². The Balaban J connectivity index is 1.38. The molecular formula is C31H39NO. The first-order chi connectivity index (χ1) is 16.3. The normalized spacial score (nSPS) is 17.5. The Labute approximate surface area is 201 Å². The molecule has 0 bridgehead atoms. The van der Waals surface area contributed by atoms with Crippen molar-refractivity contribution in [2.24, 2.45) is 0 Å². The van der Waals surface area contributed by atoms with E-state index in [2.05, 4.69) is 67.6 Å². The fourth-order valence-corrected chi connectivity index (χ4v) is 4.39. The molecule has 0 amide bonds. The maximum atomic E-state index is 9.77. The number of nitrogens with zero attached hydrogens (tertiary/aromatic N) is 1. The Kier molecular flexibility index (Phi) is 10.5. The van der Waals surface area contributed by atoms with Crippen molar-refractivity contribution >= 4 is 5.57 Å². The van der Waals surface area contributed by atoms with Gasteiger partial charge in [0.05, 0.1) is 0 Å². The molecule has 2 nitrogen and oxygen atoms in total. The standard InChI is InChI=1S/C31H39NO/c1-2-3-4-5-6-7-8-9-10-14-25-33-31(26-32)23-21-30(22-24-31)29-19-17-28(18-20-29)27-15-12-11-13-16-27/h11-13,15-23H,2-10,14,24-25H2,1H3. The van der Waals surface area contributed by atoms with E-state index in [4.69, 9.17) is 4.74 Å². The third-order valence-corrected chi connectivity index (χ3v) is 6.53. The lowest BCUT2D eigenvalue weighted by molar-refractivity contribution is 0.0323. The van der Waals surface area contributed by atoms with Gasteiger partial charge in [-0.05, 0) is 34.8 Å². The topological polar surface area (TPSA) is 33.0 Å². The fourth-order valence-electron chi connectivity index (χ4n) is 4.39. The van der Waals surface area contributed by atoms with Crippen LogP contribution in [-0.4, -0.2) is 12.2 Å². The molecule has 2 aromatic rings. The van der Waals surface area contributed by atoms with Crippen LogP contribution in [0.25, 0.3) is 16.7 Å². The maximum Gasteiger partial charge on any atom is 0.176 e. The zero-order valence-electron chi connectivity index (χ0n) is 20.3. The van der Waals surface area contributed by atoms with Gasteiger partial charge in [-0.25, -0.2) is 0 Å². The number of nitriles is 1. The summed E-state index contributed by atoms with van der Waals surface area (Å²) in [6.07, 6.45) is 19.8. The lowest BCUT2D eigenvalue weighted by Gasteiger charge is -2.25. The van der Waals surface area contributed by atoms with E-state index in [-0.39, 0.29) is 0 Å². The molecule has 0 saturated heterocycles. The molecule has 1 aliphatic rings. The van der Waals surface area contributed by atoms with E-state index in [1.165, 1.54) is 74.5 Å². The lowest BCUT2D eigenvalue weighted by atomic mass is 9.89. The minimum Gasteiger partial charge on any atom is -0.356 e. The Morgan fingerprint density at radius 1 is 0.758 bits per heavy atom. The van der Waals surface area contributed by atoms with E-state index in [0.29, 0.717) is 13.0 Å². The van der Waals surface area contributed by atoms with Crippen molar-refractivity contribution in [2.75, 3.05) is 6.61 Å². The van der Waals surface area contributed by atoms with Crippen LogP contribution >= 0.6 is 0 Å². The number of hydrogen-bond donors (Lipinski definition) is 0. The first-order valence-corrected chi connectivity index (χ1v) is 12.9. The summed E-state index contributed by atoms with van der Waals surface area (Å²) in [5.41, 5.74) is 3.95. The quantitative estimate of drug-likeness (QED) is 0.274. The van der Waals surface area contributed by atoms with E-state index >= 15 is 0 Å².